The molecule has 73 heavy (non-hydrogen) atoms. The minimum Gasteiger partial charge on any atom is -0.455 e. The lowest BCUT2D eigenvalue weighted by atomic mass is 9.81. The topological polar surface area (TPSA) is 58.5 Å². The van der Waals surface area contributed by atoms with Gasteiger partial charge in [0.25, 0.3) is 0 Å². The van der Waals surface area contributed by atoms with E-state index in [-0.39, 0.29) is 0 Å². The molecule has 0 unspecified atom stereocenters. The van der Waals surface area contributed by atoms with E-state index in [2.05, 4.69) is 233 Å². The summed E-state index contributed by atoms with van der Waals surface area (Å²) in [5, 5.41) is 4.09. The lowest BCUT2D eigenvalue weighted by molar-refractivity contribution is 0.650. The third-order valence-electron chi connectivity index (χ3n) is 15.1. The average Bonchev–Trinajstić information content (AvgIpc) is 4.10. The van der Waals surface area contributed by atoms with Gasteiger partial charge in [-0.2, -0.15) is 0 Å². The van der Waals surface area contributed by atoms with E-state index >= 15 is 0 Å². The summed E-state index contributed by atoms with van der Waals surface area (Å²) in [7, 11) is 0. The minimum absolute atomic E-state index is 0.560. The first-order valence-electron chi connectivity index (χ1n) is 25.5. The zero-order valence-corrected chi connectivity index (χ0v) is 42.0. The predicted molar refractivity (Wildman–Crippen MR) is 303 cm³/mol. The summed E-state index contributed by atoms with van der Waals surface area (Å²) in [5.41, 5.74) is 20.1. The number of benzene rings is 8. The number of fused-ring (bicyclic) bond motifs is 11. The van der Waals surface area contributed by atoms with Crippen LogP contribution in [-0.4, -0.2) is 9.97 Å². The number of hydrogen-bond donors (Lipinski definition) is 0. The van der Waals surface area contributed by atoms with Gasteiger partial charge in [-0.3, -0.25) is 9.80 Å². The first-order valence-corrected chi connectivity index (χ1v) is 25.5. The average molecular weight is 947 g/mol. The lowest BCUT2D eigenvalue weighted by Crippen LogP contribution is -2.19. The molecule has 12 aromatic rings. The fraction of sp³-hybridized carbons (Fsp3) is 0.134. The van der Waals surface area contributed by atoms with Gasteiger partial charge in [0.2, 0.25) is 0 Å². The number of anilines is 6. The highest BCUT2D eigenvalue weighted by Crippen LogP contribution is 2.61. The van der Waals surface area contributed by atoms with E-state index in [1.807, 2.05) is 12.4 Å². The van der Waals surface area contributed by atoms with Crippen molar-refractivity contribution in [1.29, 1.82) is 0 Å². The molecule has 0 spiro atoms. The number of para-hydroxylation sites is 2. The van der Waals surface area contributed by atoms with Crippen LogP contribution in [0, 0.1) is 13.8 Å². The van der Waals surface area contributed by atoms with Crippen molar-refractivity contribution < 1.29 is 8.83 Å². The Labute approximate surface area is 425 Å². The number of nitrogens with zero attached hydrogens (tertiary/aromatic N) is 4. The van der Waals surface area contributed by atoms with E-state index in [9.17, 15) is 0 Å². The van der Waals surface area contributed by atoms with Crippen LogP contribution in [0.1, 0.15) is 61.1 Å². The highest BCUT2D eigenvalue weighted by Gasteiger charge is 2.43. The Hall–Kier alpha value is -8.74. The number of pyridine rings is 2. The van der Waals surface area contributed by atoms with Crippen molar-refractivity contribution in [3.63, 3.8) is 0 Å². The fourth-order valence-electron chi connectivity index (χ4n) is 11.4. The molecule has 0 aliphatic heterocycles. The first kappa shape index (κ1) is 44.2. The number of aromatic nitrogens is 2. The van der Waals surface area contributed by atoms with Gasteiger partial charge in [0.05, 0.1) is 22.1 Å². The lowest BCUT2D eigenvalue weighted by Gasteiger charge is -2.30. The molecule has 13 rings (SSSR count). The molecule has 0 fully saturated rings. The van der Waals surface area contributed by atoms with Crippen LogP contribution in [0.2, 0.25) is 0 Å². The normalized spacial score (nSPS) is 12.7. The van der Waals surface area contributed by atoms with Crippen molar-refractivity contribution in [1.82, 2.24) is 9.97 Å². The maximum Gasteiger partial charge on any atom is 0.145 e. The Bertz CT molecular complexity index is 3830. The Kier molecular flexibility index (Phi) is 10.4. The maximum atomic E-state index is 7.31. The summed E-state index contributed by atoms with van der Waals surface area (Å²) >= 11 is 0. The van der Waals surface area contributed by atoms with E-state index in [1.165, 1.54) is 11.1 Å². The van der Waals surface area contributed by atoms with Crippen LogP contribution in [0.4, 0.5) is 34.4 Å². The van der Waals surface area contributed by atoms with Gasteiger partial charge < -0.3 is 8.83 Å². The molecule has 0 radical (unpaired) electrons. The summed E-state index contributed by atoms with van der Waals surface area (Å²) in [6.07, 6.45) is 5.85. The molecule has 354 valence electrons. The van der Waals surface area contributed by atoms with Crippen LogP contribution in [-0.2, 0) is 18.3 Å². The number of aryl methyl sites for hydroxylation is 4. The second-order valence-electron chi connectivity index (χ2n) is 20.1. The van der Waals surface area contributed by atoms with Crippen molar-refractivity contribution in [2.75, 3.05) is 9.80 Å². The molecule has 6 heteroatoms. The summed E-state index contributed by atoms with van der Waals surface area (Å²) in [6.45, 7) is 13.4. The second kappa shape index (κ2) is 17.2. The van der Waals surface area contributed by atoms with Crippen LogP contribution >= 0.6 is 0 Å². The molecule has 4 aromatic heterocycles. The number of furan rings is 2. The smallest absolute Gasteiger partial charge is 0.145 e. The van der Waals surface area contributed by atoms with Crippen LogP contribution in [0.5, 0.6) is 0 Å². The van der Waals surface area contributed by atoms with E-state index in [0.717, 1.165) is 147 Å². The highest BCUT2D eigenvalue weighted by molar-refractivity contribution is 6.24. The van der Waals surface area contributed by atoms with Gasteiger partial charge in [0, 0.05) is 62.2 Å². The monoisotopic (exact) mass is 946 g/mol. The van der Waals surface area contributed by atoms with Crippen molar-refractivity contribution in [2.45, 2.75) is 59.8 Å². The summed E-state index contributed by atoms with van der Waals surface area (Å²) in [6, 6.07) is 65.5. The molecular weight excluding hydrogens is 893 g/mol. The Balaban J connectivity index is 1.15. The van der Waals surface area contributed by atoms with Gasteiger partial charge in [-0.1, -0.05) is 149 Å². The van der Waals surface area contributed by atoms with Crippen LogP contribution in [0.3, 0.4) is 0 Å². The summed E-state index contributed by atoms with van der Waals surface area (Å²) in [5.74, 6) is 1.68. The molecule has 8 aromatic carbocycles. The van der Waals surface area contributed by atoms with Gasteiger partial charge in [0.15, 0.2) is 0 Å². The van der Waals surface area contributed by atoms with Gasteiger partial charge in [-0.15, -0.1) is 0 Å². The number of hydrogen-bond acceptors (Lipinski definition) is 6. The molecule has 0 N–H and O–H groups in total. The van der Waals surface area contributed by atoms with Crippen molar-refractivity contribution in [3.8, 4) is 33.4 Å². The van der Waals surface area contributed by atoms with Crippen LogP contribution in [0.25, 0.3) is 77.3 Å². The molecule has 0 amide bonds. The van der Waals surface area contributed by atoms with Gasteiger partial charge in [0.1, 0.15) is 34.0 Å². The van der Waals surface area contributed by atoms with E-state index in [4.69, 9.17) is 18.8 Å². The molecule has 0 bridgehead atoms. The summed E-state index contributed by atoms with van der Waals surface area (Å²) in [4.78, 5) is 15.4. The molecule has 0 saturated carbocycles. The zero-order valence-electron chi connectivity index (χ0n) is 42.0. The molecule has 4 heterocycles. The van der Waals surface area contributed by atoms with E-state index in [0.29, 0.717) is 0 Å². The second-order valence-corrected chi connectivity index (χ2v) is 20.1. The van der Waals surface area contributed by atoms with Crippen LogP contribution in [0.15, 0.2) is 203 Å². The zero-order chi connectivity index (χ0) is 49.5. The number of rotatable bonds is 10. The SMILES string of the molecule is CCc1ccc(N(c2ncc(C)cc2-c2ccccc2)c2cc3c(c4oc5ccccc5c24)-c2c(cc(N(c4ccc(CC)cc4)c4ncc(C)cc4-c4ccccc4)c4c2oc2ccccc24)C3(C)C)cc1. The Morgan fingerprint density at radius 2 is 0.836 bits per heavy atom. The van der Waals surface area contributed by atoms with E-state index in [1.54, 1.807) is 0 Å². The molecule has 1 aliphatic rings. The Morgan fingerprint density at radius 3 is 1.23 bits per heavy atom. The largest absolute Gasteiger partial charge is 0.455 e. The van der Waals surface area contributed by atoms with Crippen molar-refractivity contribution in [3.05, 3.63) is 228 Å². The third-order valence-corrected chi connectivity index (χ3v) is 15.1. The van der Waals surface area contributed by atoms with Crippen LogP contribution < -0.4 is 9.80 Å². The Morgan fingerprint density at radius 1 is 0.452 bits per heavy atom. The van der Waals surface area contributed by atoms with Gasteiger partial charge in [-0.05, 0) is 132 Å². The molecule has 0 saturated heterocycles. The molecule has 1 aliphatic carbocycles. The third kappa shape index (κ3) is 7.07. The van der Waals surface area contributed by atoms with Crippen molar-refractivity contribution in [2.24, 2.45) is 0 Å². The predicted octanol–water partition coefficient (Wildman–Crippen LogP) is 18.6. The quantitative estimate of drug-likeness (QED) is 0.136. The minimum atomic E-state index is -0.560. The van der Waals surface area contributed by atoms with Gasteiger partial charge >= 0.3 is 0 Å². The summed E-state index contributed by atoms with van der Waals surface area (Å²) < 4.78 is 14.6. The molecule has 0 atom stereocenters. The van der Waals surface area contributed by atoms with Gasteiger partial charge in [-0.25, -0.2) is 9.97 Å². The standard InChI is InChI=1S/C67H54N4O2/c1-7-43-27-31-47(32-28-43)70(65-51(35-41(3)39-68-65)45-19-11-9-12-20-45)55-37-53-61(63-59(55)49-23-15-17-25-57(49)72-63)62-54(67(53,5)6)38-56(60-50-24-16-18-26-58(50)73-64(60)62)71(48-33-29-44(8-2)30-34-48)66-52(36-42(4)40-69-66)46-21-13-10-14-22-46/h9-40H,7-8H2,1-6H3. The maximum absolute atomic E-state index is 7.31. The van der Waals surface area contributed by atoms with Crippen molar-refractivity contribution >= 4 is 78.3 Å². The highest BCUT2D eigenvalue weighted by atomic mass is 16.3. The molecule has 6 nitrogen and oxygen atoms in total. The van der Waals surface area contributed by atoms with E-state index < -0.39 is 5.41 Å². The first-order chi connectivity index (χ1) is 35.7. The fourth-order valence-corrected chi connectivity index (χ4v) is 11.4. The molecular formula is C67H54N4O2.